The van der Waals surface area contributed by atoms with Crippen molar-refractivity contribution in [3.63, 3.8) is 0 Å². The number of aromatic nitrogens is 5. The maximum Gasteiger partial charge on any atom is 0.416 e. The van der Waals surface area contributed by atoms with Gasteiger partial charge in [0.15, 0.2) is 22.6 Å². The van der Waals surface area contributed by atoms with E-state index in [4.69, 9.17) is 16.6 Å². The molecule has 5 heterocycles. The van der Waals surface area contributed by atoms with E-state index in [9.17, 15) is 32.7 Å². The van der Waals surface area contributed by atoms with Crippen LogP contribution in [0.5, 0.6) is 5.75 Å². The van der Waals surface area contributed by atoms with Crippen LogP contribution in [0, 0.1) is 12.8 Å². The number of hydrogen-bond acceptors (Lipinski definition) is 10. The molecule has 1 aromatic carbocycles. The zero-order valence-electron chi connectivity index (χ0n) is 27.2. The van der Waals surface area contributed by atoms with Crippen LogP contribution in [0.2, 0.25) is 5.02 Å². The van der Waals surface area contributed by atoms with Crippen molar-refractivity contribution in [3.8, 4) is 5.75 Å². The minimum atomic E-state index is -4.60. The average Bonchev–Trinajstić information content (AvgIpc) is 3.75. The van der Waals surface area contributed by atoms with Crippen molar-refractivity contribution >= 4 is 51.8 Å². The summed E-state index contributed by atoms with van der Waals surface area (Å²) in [6.07, 6.45) is 0.642. The summed E-state index contributed by atoms with van der Waals surface area (Å²) in [5.74, 6) is -0.157. The molecule has 2 atom stereocenters. The van der Waals surface area contributed by atoms with Gasteiger partial charge in [-0.25, -0.2) is 19.9 Å². The largest absolute Gasteiger partial charge is 0.504 e. The van der Waals surface area contributed by atoms with Crippen LogP contribution in [0.3, 0.4) is 0 Å². The lowest BCUT2D eigenvalue weighted by atomic mass is 10.1. The van der Waals surface area contributed by atoms with Gasteiger partial charge in [0.25, 0.3) is 5.91 Å². The molecule has 50 heavy (non-hydrogen) atoms. The van der Waals surface area contributed by atoms with Crippen molar-refractivity contribution in [3.05, 3.63) is 68.6 Å². The third kappa shape index (κ3) is 6.05. The second-order valence-electron chi connectivity index (χ2n) is 12.7. The molecule has 262 valence electrons. The first-order chi connectivity index (χ1) is 23.8. The standard InChI is InChI=1S/C33H33ClF3N9O4/c1-3-22-28(43-8-10-44(11-9-43)32(50)27-29(48)17(2)39-16-40-27)30(49)26-31(38-14-24(42-26)45-7-6-18-12-23(18)45)46(22)15-25(47)41-21-5-4-19(13-20(21)34)33(35,36)37/h4-5,13-14,16,18,23,48H,3,6-12,15H2,1-2H3,(H,41,47). The van der Waals surface area contributed by atoms with Gasteiger partial charge >= 0.3 is 6.18 Å². The molecule has 0 spiro atoms. The SMILES string of the molecule is CCc1c(N2CCN(C(=O)c3ncnc(C)c3O)CC2)c(=O)c2nc(N3CCC4CC43)cnc2n1CC(=O)Nc1ccc(C(F)(F)F)cc1Cl. The second kappa shape index (κ2) is 12.7. The molecule has 2 amide bonds. The van der Waals surface area contributed by atoms with Crippen LogP contribution in [-0.2, 0) is 23.9 Å². The van der Waals surface area contributed by atoms with Crippen LogP contribution in [0.4, 0.5) is 30.4 Å². The number of aryl methyl sites for hydroxylation is 1. The molecule has 1 saturated carbocycles. The molecule has 7 rings (SSSR count). The summed E-state index contributed by atoms with van der Waals surface area (Å²) in [5, 5.41) is 12.7. The molecule has 13 nitrogen and oxygen atoms in total. The lowest BCUT2D eigenvalue weighted by Gasteiger charge is -2.37. The quantitative estimate of drug-likeness (QED) is 0.288. The number of rotatable bonds is 7. The predicted molar refractivity (Wildman–Crippen MR) is 179 cm³/mol. The Morgan fingerprint density at radius 1 is 1.10 bits per heavy atom. The number of amides is 2. The highest BCUT2D eigenvalue weighted by atomic mass is 35.5. The summed E-state index contributed by atoms with van der Waals surface area (Å²) in [6.45, 7) is 4.84. The highest BCUT2D eigenvalue weighted by Crippen LogP contribution is 2.46. The van der Waals surface area contributed by atoms with Crippen LogP contribution >= 0.6 is 11.6 Å². The Balaban J connectivity index is 1.23. The van der Waals surface area contributed by atoms with E-state index in [-0.39, 0.29) is 77.2 Å². The fourth-order valence-corrected chi connectivity index (χ4v) is 7.15. The number of alkyl halides is 3. The molecule has 0 bridgehead atoms. The van der Waals surface area contributed by atoms with Crippen molar-refractivity contribution < 1.29 is 27.9 Å². The van der Waals surface area contributed by atoms with Crippen LogP contribution in [0.25, 0.3) is 11.2 Å². The highest BCUT2D eigenvalue weighted by molar-refractivity contribution is 6.33. The van der Waals surface area contributed by atoms with Crippen LogP contribution < -0.4 is 20.5 Å². The molecule has 2 unspecified atom stereocenters. The number of piperidine rings is 1. The molecule has 1 aliphatic carbocycles. The molecule has 2 saturated heterocycles. The molecule has 4 aromatic rings. The molecule has 3 aliphatic rings. The summed E-state index contributed by atoms with van der Waals surface area (Å²) in [6, 6.07) is 3.03. The van der Waals surface area contributed by atoms with Crippen molar-refractivity contribution in [2.24, 2.45) is 5.92 Å². The summed E-state index contributed by atoms with van der Waals surface area (Å²) >= 11 is 6.12. The number of nitrogens with zero attached hydrogens (tertiary/aromatic N) is 8. The highest BCUT2D eigenvalue weighted by Gasteiger charge is 2.47. The number of aromatic hydroxyl groups is 1. The maximum absolute atomic E-state index is 14.4. The number of fused-ring (bicyclic) bond motifs is 2. The van der Waals surface area contributed by atoms with Crippen molar-refractivity contribution in [1.29, 1.82) is 0 Å². The second-order valence-corrected chi connectivity index (χ2v) is 13.1. The summed E-state index contributed by atoms with van der Waals surface area (Å²) in [5.41, 5.74) is -0.0166. The Labute approximate surface area is 288 Å². The molecular formula is C33H33ClF3N9O4. The van der Waals surface area contributed by atoms with Gasteiger partial charge in [0.2, 0.25) is 11.3 Å². The monoisotopic (exact) mass is 711 g/mol. The fourth-order valence-electron chi connectivity index (χ4n) is 6.93. The Morgan fingerprint density at radius 2 is 1.86 bits per heavy atom. The van der Waals surface area contributed by atoms with Gasteiger partial charge in [0.1, 0.15) is 24.4 Å². The first kappa shape index (κ1) is 33.5. The Kier molecular flexibility index (Phi) is 8.52. The number of nitrogens with one attached hydrogen (secondary N) is 1. The number of carbonyl (C=O) groups is 2. The Hall–Kier alpha value is -4.99. The Bertz CT molecular complexity index is 2080. The number of hydrogen-bond donors (Lipinski definition) is 2. The van der Waals surface area contributed by atoms with E-state index >= 15 is 0 Å². The maximum atomic E-state index is 14.4. The van der Waals surface area contributed by atoms with Gasteiger partial charge in [-0.3, -0.25) is 14.4 Å². The van der Waals surface area contributed by atoms with E-state index in [0.29, 0.717) is 35.6 Å². The number of halogens is 4. The number of piperazine rings is 1. The number of pyridine rings is 1. The first-order valence-electron chi connectivity index (χ1n) is 16.3. The van der Waals surface area contributed by atoms with Crippen LogP contribution in [0.15, 0.2) is 35.5 Å². The predicted octanol–water partition coefficient (Wildman–Crippen LogP) is 4.03. The van der Waals surface area contributed by atoms with E-state index in [1.54, 1.807) is 22.6 Å². The van der Waals surface area contributed by atoms with Crippen LogP contribution in [0.1, 0.15) is 47.2 Å². The molecule has 3 fully saturated rings. The number of carbonyl (C=O) groups excluding carboxylic acids is 2. The molecular weight excluding hydrogens is 679 g/mol. The van der Waals surface area contributed by atoms with Gasteiger partial charge in [-0.1, -0.05) is 18.5 Å². The molecule has 2 N–H and O–H groups in total. The van der Waals surface area contributed by atoms with E-state index in [1.165, 1.54) is 6.33 Å². The summed E-state index contributed by atoms with van der Waals surface area (Å²) < 4.78 is 41.2. The van der Waals surface area contributed by atoms with E-state index < -0.39 is 23.6 Å². The van der Waals surface area contributed by atoms with Gasteiger partial charge < -0.3 is 29.7 Å². The average molecular weight is 712 g/mol. The zero-order valence-corrected chi connectivity index (χ0v) is 27.9. The van der Waals surface area contributed by atoms with E-state index in [2.05, 4.69) is 25.2 Å². The Morgan fingerprint density at radius 3 is 2.50 bits per heavy atom. The third-order valence-electron chi connectivity index (χ3n) is 9.64. The van der Waals surface area contributed by atoms with E-state index in [0.717, 1.165) is 37.6 Å². The molecule has 0 radical (unpaired) electrons. The summed E-state index contributed by atoms with van der Waals surface area (Å²) in [7, 11) is 0. The van der Waals surface area contributed by atoms with Crippen LogP contribution in [-0.4, -0.2) is 85.1 Å². The minimum absolute atomic E-state index is 0.000359. The van der Waals surface area contributed by atoms with Crippen molar-refractivity contribution in [2.75, 3.05) is 47.8 Å². The zero-order chi connectivity index (χ0) is 35.5. The molecule has 3 aromatic heterocycles. The molecule has 17 heteroatoms. The number of benzene rings is 1. The van der Waals surface area contributed by atoms with Gasteiger partial charge in [-0.15, -0.1) is 0 Å². The lowest BCUT2D eigenvalue weighted by molar-refractivity contribution is -0.137. The molecule has 2 aliphatic heterocycles. The van der Waals surface area contributed by atoms with Crippen molar-refractivity contribution in [2.45, 2.75) is 51.9 Å². The lowest BCUT2D eigenvalue weighted by Crippen LogP contribution is -2.50. The van der Waals surface area contributed by atoms with Gasteiger partial charge in [0.05, 0.1) is 28.2 Å². The first-order valence-corrected chi connectivity index (χ1v) is 16.6. The van der Waals surface area contributed by atoms with Gasteiger partial charge in [0, 0.05) is 44.5 Å². The van der Waals surface area contributed by atoms with Crippen molar-refractivity contribution in [1.82, 2.24) is 29.4 Å². The van der Waals surface area contributed by atoms with Gasteiger partial charge in [-0.05, 0) is 50.3 Å². The normalized spacial score (nSPS) is 18.8. The van der Waals surface area contributed by atoms with E-state index in [1.807, 2.05) is 11.8 Å². The summed E-state index contributed by atoms with van der Waals surface area (Å²) in [4.78, 5) is 64.0. The number of anilines is 3. The topological polar surface area (TPSA) is 150 Å². The van der Waals surface area contributed by atoms with Gasteiger partial charge in [-0.2, -0.15) is 13.2 Å². The minimum Gasteiger partial charge on any atom is -0.504 e. The smallest absolute Gasteiger partial charge is 0.416 e. The fraction of sp³-hybridized carbons (Fsp3) is 0.424. The third-order valence-corrected chi connectivity index (χ3v) is 9.96.